The number of benzene rings is 1. The fourth-order valence-corrected chi connectivity index (χ4v) is 4.78. The van der Waals surface area contributed by atoms with Crippen LogP contribution in [0.2, 0.25) is 0 Å². The molecule has 2 aliphatic heterocycles. The van der Waals surface area contributed by atoms with E-state index in [-0.39, 0.29) is 18.1 Å². The van der Waals surface area contributed by atoms with Crippen LogP contribution < -0.4 is 20.3 Å². The van der Waals surface area contributed by atoms with Crippen molar-refractivity contribution < 1.29 is 19.1 Å². The maximum absolute atomic E-state index is 12.5. The molecule has 10 heteroatoms. The van der Waals surface area contributed by atoms with Gasteiger partial charge in [0, 0.05) is 23.2 Å². The number of cyclic esters (lactones) is 1. The molecule has 2 aliphatic rings. The summed E-state index contributed by atoms with van der Waals surface area (Å²) in [6, 6.07) is 17.1. The van der Waals surface area contributed by atoms with Crippen molar-refractivity contribution in [1.29, 1.82) is 0 Å². The molecule has 2 N–H and O–H groups in total. The Morgan fingerprint density at radius 2 is 1.97 bits per heavy atom. The zero-order valence-electron chi connectivity index (χ0n) is 19.2. The number of pyridine rings is 2. The summed E-state index contributed by atoms with van der Waals surface area (Å²) < 4.78 is 10.8. The molecule has 5 rings (SSSR count). The Bertz CT molecular complexity index is 1250. The third-order valence-corrected chi connectivity index (χ3v) is 6.81. The van der Waals surface area contributed by atoms with Crippen LogP contribution in [0.3, 0.4) is 0 Å². The molecule has 35 heavy (non-hydrogen) atoms. The maximum Gasteiger partial charge on any atom is 0.414 e. The summed E-state index contributed by atoms with van der Waals surface area (Å²) in [4.78, 5) is 35.9. The van der Waals surface area contributed by atoms with Crippen LogP contribution in [0.25, 0.3) is 11.4 Å². The Labute approximate surface area is 207 Å². The van der Waals surface area contributed by atoms with Gasteiger partial charge in [-0.25, -0.2) is 14.8 Å². The number of carbonyl (C=O) groups is 2. The molecule has 2 aromatic heterocycles. The van der Waals surface area contributed by atoms with E-state index in [2.05, 4.69) is 20.6 Å². The molecule has 1 fully saturated rings. The standard InChI is InChI=1S/C25H25N5O4S/c1-33-24-7-3-6-20(29-24)19-5-2-4-16(27-19)13-26-11-10-18-14-30(25(32)34-18)17-8-9-22-21(12-17)28-23(31)15-35-22/h2-9,12,18,26H,10-11,13-15H2,1H3,(H,28,31)/t18-/m1/s1. The summed E-state index contributed by atoms with van der Waals surface area (Å²) in [5.74, 6) is 0.921. The molecule has 0 bridgehead atoms. The van der Waals surface area contributed by atoms with E-state index in [1.165, 1.54) is 11.8 Å². The van der Waals surface area contributed by atoms with Gasteiger partial charge in [0.2, 0.25) is 11.8 Å². The van der Waals surface area contributed by atoms with Gasteiger partial charge >= 0.3 is 6.09 Å². The summed E-state index contributed by atoms with van der Waals surface area (Å²) in [6.45, 7) is 1.73. The Balaban J connectivity index is 1.13. The third kappa shape index (κ3) is 5.39. The Morgan fingerprint density at radius 3 is 2.83 bits per heavy atom. The summed E-state index contributed by atoms with van der Waals surface area (Å²) in [5.41, 5.74) is 3.89. The first-order valence-electron chi connectivity index (χ1n) is 11.3. The highest BCUT2D eigenvalue weighted by atomic mass is 32.2. The lowest BCUT2D eigenvalue weighted by Gasteiger charge is -2.20. The number of amides is 2. The van der Waals surface area contributed by atoms with E-state index >= 15 is 0 Å². The minimum atomic E-state index is -0.370. The zero-order valence-corrected chi connectivity index (χ0v) is 20.0. The number of thioether (sulfide) groups is 1. The van der Waals surface area contributed by atoms with Gasteiger partial charge < -0.3 is 20.1 Å². The number of aromatic nitrogens is 2. The second-order valence-corrected chi connectivity index (χ2v) is 9.20. The van der Waals surface area contributed by atoms with Gasteiger partial charge in [0.25, 0.3) is 0 Å². The molecule has 1 atom stereocenters. The molecule has 180 valence electrons. The van der Waals surface area contributed by atoms with Crippen LogP contribution in [0.15, 0.2) is 59.5 Å². The molecule has 0 saturated carbocycles. The monoisotopic (exact) mass is 491 g/mol. The predicted molar refractivity (Wildman–Crippen MR) is 134 cm³/mol. The van der Waals surface area contributed by atoms with Crippen molar-refractivity contribution >= 4 is 35.1 Å². The van der Waals surface area contributed by atoms with E-state index < -0.39 is 0 Å². The minimum absolute atomic E-state index is 0.0348. The van der Waals surface area contributed by atoms with Crippen LogP contribution in [0.1, 0.15) is 12.1 Å². The van der Waals surface area contributed by atoms with E-state index in [0.717, 1.165) is 33.4 Å². The summed E-state index contributed by atoms with van der Waals surface area (Å²) in [7, 11) is 1.59. The van der Waals surface area contributed by atoms with Crippen LogP contribution in [-0.4, -0.2) is 54.0 Å². The first kappa shape index (κ1) is 23.1. The number of methoxy groups -OCH3 is 1. The maximum atomic E-state index is 12.5. The minimum Gasteiger partial charge on any atom is -0.481 e. The second kappa shape index (κ2) is 10.3. The van der Waals surface area contributed by atoms with Crippen LogP contribution >= 0.6 is 11.8 Å². The van der Waals surface area contributed by atoms with Crippen molar-refractivity contribution in [3.05, 3.63) is 60.3 Å². The van der Waals surface area contributed by atoms with Gasteiger partial charge in [-0.3, -0.25) is 9.69 Å². The molecule has 1 saturated heterocycles. The largest absolute Gasteiger partial charge is 0.481 e. The van der Waals surface area contributed by atoms with Gasteiger partial charge in [0.15, 0.2) is 0 Å². The van der Waals surface area contributed by atoms with Crippen molar-refractivity contribution in [3.63, 3.8) is 0 Å². The van der Waals surface area contributed by atoms with Gasteiger partial charge in [-0.15, -0.1) is 11.8 Å². The fourth-order valence-electron chi connectivity index (χ4n) is 3.99. The molecule has 1 aromatic carbocycles. The van der Waals surface area contributed by atoms with Crippen molar-refractivity contribution in [2.45, 2.75) is 24.0 Å². The SMILES string of the molecule is COc1cccc(-c2cccc(CNCC[C@@H]3CN(c4ccc5c(c4)NC(=O)CS5)C(=O)O3)n2)n1. The quantitative estimate of drug-likeness (QED) is 0.460. The Morgan fingerprint density at radius 1 is 1.14 bits per heavy atom. The first-order valence-corrected chi connectivity index (χ1v) is 12.3. The smallest absolute Gasteiger partial charge is 0.414 e. The van der Waals surface area contributed by atoms with Crippen LogP contribution in [-0.2, 0) is 16.1 Å². The summed E-state index contributed by atoms with van der Waals surface area (Å²) in [6.07, 6.45) is 0.0943. The number of nitrogens with zero attached hydrogens (tertiary/aromatic N) is 3. The topological polar surface area (TPSA) is 106 Å². The molecule has 0 spiro atoms. The highest BCUT2D eigenvalue weighted by molar-refractivity contribution is 8.00. The molecule has 2 amide bonds. The molecule has 0 unspecified atom stereocenters. The van der Waals surface area contributed by atoms with Crippen LogP contribution in [0.4, 0.5) is 16.2 Å². The lowest BCUT2D eigenvalue weighted by Crippen LogP contribution is -2.26. The molecule has 3 aromatic rings. The summed E-state index contributed by atoms with van der Waals surface area (Å²) in [5, 5.41) is 6.24. The highest BCUT2D eigenvalue weighted by Gasteiger charge is 2.32. The van der Waals surface area contributed by atoms with E-state index in [0.29, 0.717) is 37.7 Å². The van der Waals surface area contributed by atoms with Gasteiger partial charge in [-0.05, 0) is 49.4 Å². The lowest BCUT2D eigenvalue weighted by molar-refractivity contribution is -0.113. The Hall–Kier alpha value is -3.63. The lowest BCUT2D eigenvalue weighted by atomic mass is 10.2. The van der Waals surface area contributed by atoms with Crippen LogP contribution in [0, 0.1) is 0 Å². The zero-order chi connectivity index (χ0) is 24.2. The van der Waals surface area contributed by atoms with Gasteiger partial charge in [0.05, 0.1) is 42.2 Å². The molecule has 4 heterocycles. The summed E-state index contributed by atoms with van der Waals surface area (Å²) >= 11 is 1.49. The van der Waals surface area contributed by atoms with E-state index in [1.54, 1.807) is 18.1 Å². The Kier molecular flexibility index (Phi) is 6.82. The van der Waals surface area contributed by atoms with E-state index in [1.807, 2.05) is 48.5 Å². The van der Waals surface area contributed by atoms with Crippen molar-refractivity contribution in [2.75, 3.05) is 36.2 Å². The molecular formula is C25H25N5O4S. The number of fused-ring (bicyclic) bond motifs is 1. The number of ether oxygens (including phenoxy) is 2. The van der Waals surface area contributed by atoms with E-state index in [9.17, 15) is 9.59 Å². The normalized spacial score (nSPS) is 17.1. The average Bonchev–Trinajstić information content (AvgIpc) is 3.26. The van der Waals surface area contributed by atoms with Crippen molar-refractivity contribution in [1.82, 2.24) is 15.3 Å². The number of rotatable bonds is 8. The van der Waals surface area contributed by atoms with Crippen molar-refractivity contribution in [2.24, 2.45) is 0 Å². The molecular weight excluding hydrogens is 466 g/mol. The van der Waals surface area contributed by atoms with Crippen LogP contribution in [0.5, 0.6) is 5.88 Å². The second-order valence-electron chi connectivity index (χ2n) is 8.18. The first-order chi connectivity index (χ1) is 17.1. The molecule has 9 nitrogen and oxygen atoms in total. The highest BCUT2D eigenvalue weighted by Crippen LogP contribution is 2.35. The van der Waals surface area contributed by atoms with Gasteiger partial charge in [0.1, 0.15) is 6.10 Å². The predicted octanol–water partition coefficient (Wildman–Crippen LogP) is 3.70. The van der Waals surface area contributed by atoms with Gasteiger partial charge in [-0.2, -0.15) is 0 Å². The van der Waals surface area contributed by atoms with Crippen molar-refractivity contribution in [3.8, 4) is 17.3 Å². The number of nitrogens with one attached hydrogen (secondary N) is 2. The molecule has 0 radical (unpaired) electrons. The van der Waals surface area contributed by atoms with E-state index in [4.69, 9.17) is 9.47 Å². The average molecular weight is 492 g/mol. The third-order valence-electron chi connectivity index (χ3n) is 5.73. The molecule has 0 aliphatic carbocycles. The number of hydrogen-bond acceptors (Lipinski definition) is 8. The number of anilines is 2. The van der Waals surface area contributed by atoms with Gasteiger partial charge in [-0.1, -0.05) is 12.1 Å². The number of hydrogen-bond donors (Lipinski definition) is 2. The fraction of sp³-hybridized carbons (Fsp3) is 0.280. The number of carbonyl (C=O) groups excluding carboxylic acids is 2.